The standard InChI is InChI=1S/C16H24N2O2S/c1-12-3-4-14(21-12)11-17-7-5-15-16(6-8-17)20-10-9-18(15)13(2)19/h3-4,15-16H,5-11H2,1-2H3/t15-,16-/m0/s1. The molecule has 2 aliphatic heterocycles. The van der Waals surface area contributed by atoms with E-state index in [-0.39, 0.29) is 18.1 Å². The van der Waals surface area contributed by atoms with Crippen molar-refractivity contribution in [1.29, 1.82) is 0 Å². The molecule has 2 atom stereocenters. The monoisotopic (exact) mass is 308 g/mol. The van der Waals surface area contributed by atoms with Crippen molar-refractivity contribution in [2.75, 3.05) is 26.2 Å². The topological polar surface area (TPSA) is 32.8 Å². The number of hydrogen-bond donors (Lipinski definition) is 0. The highest BCUT2D eigenvalue weighted by Gasteiger charge is 2.35. The van der Waals surface area contributed by atoms with Gasteiger partial charge in [0.15, 0.2) is 0 Å². The Bertz CT molecular complexity index is 502. The molecule has 21 heavy (non-hydrogen) atoms. The van der Waals surface area contributed by atoms with Gasteiger partial charge in [0.1, 0.15) is 0 Å². The van der Waals surface area contributed by atoms with E-state index < -0.39 is 0 Å². The fourth-order valence-electron chi connectivity index (χ4n) is 3.47. The third-order valence-corrected chi connectivity index (χ3v) is 5.53. The molecule has 0 saturated carbocycles. The molecule has 0 N–H and O–H groups in total. The van der Waals surface area contributed by atoms with Crippen LogP contribution < -0.4 is 0 Å². The molecule has 116 valence electrons. The summed E-state index contributed by atoms with van der Waals surface area (Å²) in [5.74, 6) is 0.190. The quantitative estimate of drug-likeness (QED) is 0.840. The van der Waals surface area contributed by atoms with Gasteiger partial charge in [-0.3, -0.25) is 9.69 Å². The Hall–Kier alpha value is -0.910. The number of carbonyl (C=O) groups excluding carboxylic acids is 1. The van der Waals surface area contributed by atoms with E-state index in [1.54, 1.807) is 6.92 Å². The van der Waals surface area contributed by atoms with Gasteiger partial charge in [0.05, 0.1) is 18.8 Å². The van der Waals surface area contributed by atoms with Crippen molar-refractivity contribution in [3.63, 3.8) is 0 Å². The number of likely N-dealkylation sites (tertiary alicyclic amines) is 1. The normalized spacial score (nSPS) is 27.2. The zero-order valence-electron chi connectivity index (χ0n) is 12.9. The zero-order chi connectivity index (χ0) is 14.8. The maximum Gasteiger partial charge on any atom is 0.219 e. The lowest BCUT2D eigenvalue weighted by Gasteiger charge is -2.39. The van der Waals surface area contributed by atoms with Gasteiger partial charge in [0.25, 0.3) is 0 Å². The first-order valence-corrected chi connectivity index (χ1v) is 8.61. The number of thiophene rings is 1. The van der Waals surface area contributed by atoms with Crippen molar-refractivity contribution in [3.05, 3.63) is 21.9 Å². The maximum atomic E-state index is 11.8. The van der Waals surface area contributed by atoms with Gasteiger partial charge < -0.3 is 9.64 Å². The minimum absolute atomic E-state index is 0.190. The molecule has 3 rings (SSSR count). The molecule has 4 nitrogen and oxygen atoms in total. The lowest BCUT2D eigenvalue weighted by molar-refractivity contribution is -0.144. The van der Waals surface area contributed by atoms with E-state index in [9.17, 15) is 4.79 Å². The summed E-state index contributed by atoms with van der Waals surface area (Å²) in [4.78, 5) is 19.1. The largest absolute Gasteiger partial charge is 0.374 e. The third kappa shape index (κ3) is 3.47. The van der Waals surface area contributed by atoms with Crippen molar-refractivity contribution >= 4 is 17.2 Å². The van der Waals surface area contributed by atoms with E-state index in [2.05, 4.69) is 24.0 Å². The molecule has 2 aliphatic rings. The summed E-state index contributed by atoms with van der Waals surface area (Å²) in [6.07, 6.45) is 2.27. The first-order chi connectivity index (χ1) is 10.1. The predicted molar refractivity (Wildman–Crippen MR) is 84.5 cm³/mol. The Kier molecular flexibility index (Phi) is 4.62. The van der Waals surface area contributed by atoms with Crippen molar-refractivity contribution < 1.29 is 9.53 Å². The fraction of sp³-hybridized carbons (Fsp3) is 0.688. The van der Waals surface area contributed by atoms with Crippen molar-refractivity contribution in [3.8, 4) is 0 Å². The van der Waals surface area contributed by atoms with Gasteiger partial charge in [-0.1, -0.05) is 0 Å². The number of morpholine rings is 1. The van der Waals surface area contributed by atoms with Gasteiger partial charge in [-0.25, -0.2) is 0 Å². The van der Waals surface area contributed by atoms with E-state index in [0.29, 0.717) is 6.61 Å². The number of nitrogens with zero attached hydrogens (tertiary/aromatic N) is 2. The summed E-state index contributed by atoms with van der Waals surface area (Å²) in [5.41, 5.74) is 0. The van der Waals surface area contributed by atoms with Crippen LogP contribution in [0.5, 0.6) is 0 Å². The first kappa shape index (κ1) is 15.0. The molecule has 1 aromatic heterocycles. The molecule has 2 fully saturated rings. The molecule has 2 saturated heterocycles. The highest BCUT2D eigenvalue weighted by molar-refractivity contribution is 7.11. The average molecular weight is 308 g/mol. The number of carbonyl (C=O) groups is 1. The molecular weight excluding hydrogens is 284 g/mol. The van der Waals surface area contributed by atoms with Gasteiger partial charge in [-0.05, 0) is 31.9 Å². The van der Waals surface area contributed by atoms with E-state index in [0.717, 1.165) is 39.0 Å². The fourth-order valence-corrected chi connectivity index (χ4v) is 4.41. The van der Waals surface area contributed by atoms with Gasteiger partial charge in [0.2, 0.25) is 5.91 Å². The minimum atomic E-state index is 0.190. The average Bonchev–Trinajstić information content (AvgIpc) is 2.75. The van der Waals surface area contributed by atoms with Crippen molar-refractivity contribution in [2.24, 2.45) is 0 Å². The summed E-state index contributed by atoms with van der Waals surface area (Å²) in [6.45, 7) is 8.40. The van der Waals surface area contributed by atoms with Crippen LogP contribution in [0.15, 0.2) is 12.1 Å². The Morgan fingerprint density at radius 3 is 2.86 bits per heavy atom. The van der Waals surface area contributed by atoms with E-state index >= 15 is 0 Å². The number of fused-ring (bicyclic) bond motifs is 1. The van der Waals surface area contributed by atoms with Crippen LogP contribution in [0.4, 0.5) is 0 Å². The van der Waals surface area contributed by atoms with Crippen LogP contribution in [0.25, 0.3) is 0 Å². The van der Waals surface area contributed by atoms with E-state index in [1.165, 1.54) is 9.75 Å². The zero-order valence-corrected chi connectivity index (χ0v) is 13.7. The Labute approximate surface area is 130 Å². The Morgan fingerprint density at radius 2 is 2.14 bits per heavy atom. The molecule has 0 aliphatic carbocycles. The summed E-state index contributed by atoms with van der Waals surface area (Å²) in [7, 11) is 0. The van der Waals surface area contributed by atoms with Crippen LogP contribution in [0, 0.1) is 6.92 Å². The van der Waals surface area contributed by atoms with Gasteiger partial charge >= 0.3 is 0 Å². The van der Waals surface area contributed by atoms with Crippen LogP contribution in [0.1, 0.15) is 29.5 Å². The molecule has 5 heteroatoms. The Balaban J connectivity index is 1.64. The molecule has 3 heterocycles. The molecule has 0 aromatic carbocycles. The summed E-state index contributed by atoms with van der Waals surface area (Å²) in [6, 6.07) is 4.69. The number of ether oxygens (including phenoxy) is 1. The number of rotatable bonds is 2. The van der Waals surface area contributed by atoms with Gasteiger partial charge in [-0.2, -0.15) is 0 Å². The van der Waals surface area contributed by atoms with Gasteiger partial charge in [0, 0.05) is 42.9 Å². The molecule has 0 radical (unpaired) electrons. The predicted octanol–water partition coefficient (Wildman–Crippen LogP) is 2.27. The van der Waals surface area contributed by atoms with Crippen molar-refractivity contribution in [1.82, 2.24) is 9.80 Å². The molecule has 0 unspecified atom stereocenters. The lowest BCUT2D eigenvalue weighted by Crippen LogP contribution is -2.52. The molecular formula is C16H24N2O2S. The second-order valence-electron chi connectivity index (χ2n) is 6.05. The number of aryl methyl sites for hydroxylation is 1. The van der Waals surface area contributed by atoms with Crippen LogP contribution in [0.2, 0.25) is 0 Å². The second-order valence-corrected chi connectivity index (χ2v) is 7.43. The first-order valence-electron chi connectivity index (χ1n) is 7.80. The Morgan fingerprint density at radius 1 is 1.33 bits per heavy atom. The molecule has 1 aromatic rings. The summed E-state index contributed by atoms with van der Waals surface area (Å²) >= 11 is 1.88. The number of hydrogen-bond acceptors (Lipinski definition) is 4. The third-order valence-electron chi connectivity index (χ3n) is 4.54. The van der Waals surface area contributed by atoms with E-state index in [4.69, 9.17) is 4.74 Å². The molecule has 0 bridgehead atoms. The summed E-state index contributed by atoms with van der Waals surface area (Å²) < 4.78 is 5.93. The van der Waals surface area contributed by atoms with Crippen LogP contribution >= 0.6 is 11.3 Å². The minimum Gasteiger partial charge on any atom is -0.374 e. The summed E-state index contributed by atoms with van der Waals surface area (Å²) in [5, 5.41) is 0. The van der Waals surface area contributed by atoms with Crippen molar-refractivity contribution in [2.45, 2.75) is 45.4 Å². The maximum absolute atomic E-state index is 11.8. The highest BCUT2D eigenvalue weighted by Crippen LogP contribution is 2.25. The number of amides is 1. The molecule has 0 spiro atoms. The smallest absolute Gasteiger partial charge is 0.219 e. The van der Waals surface area contributed by atoms with Gasteiger partial charge in [-0.15, -0.1) is 11.3 Å². The lowest BCUT2D eigenvalue weighted by atomic mass is 10.0. The van der Waals surface area contributed by atoms with E-state index in [1.807, 2.05) is 16.2 Å². The van der Waals surface area contributed by atoms with Crippen LogP contribution in [-0.4, -0.2) is 54.1 Å². The second kappa shape index (κ2) is 6.46. The van der Waals surface area contributed by atoms with Crippen LogP contribution in [0.3, 0.4) is 0 Å². The molecule has 1 amide bonds. The highest BCUT2D eigenvalue weighted by atomic mass is 32.1. The van der Waals surface area contributed by atoms with Crippen LogP contribution in [-0.2, 0) is 16.1 Å². The SMILES string of the molecule is CC(=O)N1CCO[C@H]2CCN(Cc3ccc(C)s3)CC[C@@H]21.